The first-order valence-electron chi connectivity index (χ1n) is 11.3. The zero-order valence-corrected chi connectivity index (χ0v) is 22.4. The predicted octanol–water partition coefficient (Wildman–Crippen LogP) is 3.51. The van der Waals surface area contributed by atoms with Crippen molar-refractivity contribution in [3.05, 3.63) is 74.9 Å². The summed E-state index contributed by atoms with van der Waals surface area (Å²) in [6.07, 6.45) is -4.59. The van der Waals surface area contributed by atoms with E-state index in [1.807, 2.05) is 6.07 Å². The van der Waals surface area contributed by atoms with Crippen LogP contribution in [0.3, 0.4) is 0 Å². The molecule has 3 heterocycles. The molecule has 0 aliphatic heterocycles. The molecule has 4 aromatic rings. The Kier molecular flexibility index (Phi) is 7.83. The van der Waals surface area contributed by atoms with Crippen LogP contribution < -0.4 is 10.6 Å². The fourth-order valence-corrected chi connectivity index (χ4v) is 4.11. The Morgan fingerprint density at radius 1 is 1.15 bits per heavy atom. The van der Waals surface area contributed by atoms with Crippen molar-refractivity contribution in [2.45, 2.75) is 25.6 Å². The minimum absolute atomic E-state index is 0.0181. The van der Waals surface area contributed by atoms with Gasteiger partial charge in [-0.15, -0.1) is 5.10 Å². The number of amides is 2. The zero-order chi connectivity index (χ0) is 30.1. The molecule has 0 fully saturated rings. The predicted molar refractivity (Wildman–Crippen MR) is 133 cm³/mol. The van der Waals surface area contributed by atoms with E-state index >= 15 is 0 Å². The van der Waals surface area contributed by atoms with Crippen molar-refractivity contribution in [1.82, 2.24) is 40.3 Å². The van der Waals surface area contributed by atoms with Gasteiger partial charge >= 0.3 is 12.1 Å². The Bertz CT molecular complexity index is 1690. The molecule has 2 N–H and O–H groups in total. The molecule has 4 rings (SSSR count). The maximum atomic E-state index is 14.0. The van der Waals surface area contributed by atoms with Crippen LogP contribution in [0.15, 0.2) is 41.0 Å². The Morgan fingerprint density at radius 3 is 2.51 bits per heavy atom. The number of pyridine rings is 1. The summed E-state index contributed by atoms with van der Waals surface area (Å²) in [5.41, 5.74) is 0.169. The van der Waals surface area contributed by atoms with Gasteiger partial charge in [0.25, 0.3) is 11.8 Å². The third-order valence-electron chi connectivity index (χ3n) is 5.59. The number of nitrogens with one attached hydrogen (secondary N) is 2. The van der Waals surface area contributed by atoms with Crippen molar-refractivity contribution in [2.75, 3.05) is 12.4 Å². The average Bonchev–Trinajstić information content (AvgIpc) is 3.56. The van der Waals surface area contributed by atoms with Crippen molar-refractivity contribution >= 4 is 33.4 Å². The number of anilines is 1. The van der Waals surface area contributed by atoms with Crippen molar-refractivity contribution in [2.24, 2.45) is 0 Å². The number of carbonyl (C=O) groups excluding carboxylic acids is 2. The molecule has 0 saturated carbocycles. The third kappa shape index (κ3) is 5.61. The van der Waals surface area contributed by atoms with Gasteiger partial charge in [0.2, 0.25) is 5.82 Å². The Balaban J connectivity index is 1.80. The highest BCUT2D eigenvalue weighted by Gasteiger charge is 2.62. The fraction of sp³-hybridized carbons (Fsp3) is 0.217. The highest BCUT2D eigenvalue weighted by atomic mass is 79.9. The molecule has 0 spiro atoms. The lowest BCUT2D eigenvalue weighted by atomic mass is 10.0. The maximum absolute atomic E-state index is 14.0. The van der Waals surface area contributed by atoms with E-state index in [0.29, 0.717) is 10.0 Å². The summed E-state index contributed by atoms with van der Waals surface area (Å²) in [6.45, 7) is 0.784. The number of aryl methyl sites for hydroxylation is 1. The lowest BCUT2D eigenvalue weighted by Gasteiger charge is -2.18. The lowest BCUT2D eigenvalue weighted by molar-refractivity contribution is -0.293. The molecule has 0 bridgehead atoms. The minimum Gasteiger partial charge on any atom is -0.355 e. The van der Waals surface area contributed by atoms with Crippen LogP contribution in [0.5, 0.6) is 0 Å². The van der Waals surface area contributed by atoms with E-state index < -0.39 is 36.3 Å². The standard InChI is InChI=1S/C23H16BrF5N10O2/c1-11-6-12(9-30)7-14(19(40)31-2)17(11)33-20(41)16-8-13(35-39(16)18-15(24)4-3-5-32-18)10-38-21(34-36-37-38)22(25,26)23(27,28)29/h3-8H,10H2,1-2H3,(H,31,40)(H,33,41). The molecule has 1 aromatic carbocycles. The third-order valence-corrected chi connectivity index (χ3v) is 6.21. The number of alkyl halides is 5. The highest BCUT2D eigenvalue weighted by molar-refractivity contribution is 9.10. The smallest absolute Gasteiger partial charge is 0.355 e. The summed E-state index contributed by atoms with van der Waals surface area (Å²) >= 11 is 3.28. The van der Waals surface area contributed by atoms with Crippen LogP contribution in [-0.4, -0.2) is 60.0 Å². The van der Waals surface area contributed by atoms with E-state index in [2.05, 4.69) is 52.2 Å². The van der Waals surface area contributed by atoms with E-state index in [9.17, 15) is 36.8 Å². The summed E-state index contributed by atoms with van der Waals surface area (Å²) in [4.78, 5) is 30.2. The molecule has 41 heavy (non-hydrogen) atoms. The van der Waals surface area contributed by atoms with Gasteiger partial charge in [-0.1, -0.05) is 0 Å². The van der Waals surface area contributed by atoms with E-state index in [4.69, 9.17) is 0 Å². The second-order valence-corrected chi connectivity index (χ2v) is 9.19. The number of carbonyl (C=O) groups is 2. The van der Waals surface area contributed by atoms with Crippen LogP contribution in [0.25, 0.3) is 5.82 Å². The first-order valence-corrected chi connectivity index (χ1v) is 12.1. The topological polar surface area (TPSA) is 156 Å². The number of tetrazole rings is 1. The van der Waals surface area contributed by atoms with Crippen LogP contribution in [0.1, 0.15) is 43.5 Å². The number of hydrogen-bond acceptors (Lipinski definition) is 8. The summed E-state index contributed by atoms with van der Waals surface area (Å²) < 4.78 is 68.5. The molecule has 212 valence electrons. The van der Waals surface area contributed by atoms with Gasteiger partial charge < -0.3 is 10.6 Å². The van der Waals surface area contributed by atoms with Crippen molar-refractivity contribution in [3.8, 4) is 11.9 Å². The van der Waals surface area contributed by atoms with Crippen LogP contribution in [-0.2, 0) is 12.5 Å². The van der Waals surface area contributed by atoms with Gasteiger partial charge in [-0.2, -0.15) is 32.3 Å². The van der Waals surface area contributed by atoms with Crippen molar-refractivity contribution < 1.29 is 31.5 Å². The molecular formula is C23H16BrF5N10O2. The van der Waals surface area contributed by atoms with Gasteiger partial charge in [0.05, 0.1) is 39.6 Å². The molecule has 18 heteroatoms. The molecule has 0 unspecified atom stereocenters. The number of halogens is 6. The van der Waals surface area contributed by atoms with Crippen LogP contribution in [0.2, 0.25) is 0 Å². The number of hydrogen-bond donors (Lipinski definition) is 2. The quantitative estimate of drug-likeness (QED) is 0.291. The molecule has 12 nitrogen and oxygen atoms in total. The molecule has 2 amide bonds. The Labute approximate surface area is 235 Å². The zero-order valence-electron chi connectivity index (χ0n) is 20.8. The van der Waals surface area contributed by atoms with E-state index in [0.717, 1.165) is 10.7 Å². The number of nitrogens with zero attached hydrogens (tertiary/aromatic N) is 8. The Morgan fingerprint density at radius 2 is 1.88 bits per heavy atom. The molecule has 0 radical (unpaired) electrons. The van der Waals surface area contributed by atoms with E-state index in [1.165, 1.54) is 25.4 Å². The molecule has 0 atom stereocenters. The molecule has 0 aliphatic rings. The first-order chi connectivity index (χ1) is 19.3. The fourth-order valence-electron chi connectivity index (χ4n) is 3.69. The van der Waals surface area contributed by atoms with Crippen LogP contribution in [0.4, 0.5) is 27.6 Å². The van der Waals surface area contributed by atoms with Gasteiger partial charge in [-0.3, -0.25) is 9.59 Å². The van der Waals surface area contributed by atoms with Crippen molar-refractivity contribution in [3.63, 3.8) is 0 Å². The molecule has 0 aliphatic carbocycles. The molecule has 3 aromatic heterocycles. The SMILES string of the molecule is CNC(=O)c1cc(C#N)cc(C)c1NC(=O)c1cc(Cn2nnnc2C(F)(F)C(F)(F)F)nn1-c1ncccc1Br. The average molecular weight is 639 g/mol. The van der Waals surface area contributed by atoms with Crippen LogP contribution in [0, 0.1) is 18.3 Å². The number of rotatable bonds is 7. The second kappa shape index (κ2) is 11.0. The lowest BCUT2D eigenvalue weighted by Crippen LogP contribution is -2.36. The van der Waals surface area contributed by atoms with Gasteiger partial charge in [0.15, 0.2) is 5.82 Å². The maximum Gasteiger partial charge on any atom is 0.461 e. The van der Waals surface area contributed by atoms with Gasteiger partial charge in [0.1, 0.15) is 5.69 Å². The van der Waals surface area contributed by atoms with Gasteiger partial charge in [-0.25, -0.2) is 14.3 Å². The molecular weight excluding hydrogens is 623 g/mol. The molecule has 0 saturated heterocycles. The largest absolute Gasteiger partial charge is 0.461 e. The number of aromatic nitrogens is 7. The van der Waals surface area contributed by atoms with Gasteiger partial charge in [0, 0.05) is 13.2 Å². The minimum atomic E-state index is -5.97. The van der Waals surface area contributed by atoms with Gasteiger partial charge in [-0.05, 0) is 69.2 Å². The summed E-state index contributed by atoms with van der Waals surface area (Å²) in [5, 5.41) is 27.5. The number of nitriles is 1. The van der Waals surface area contributed by atoms with Crippen LogP contribution >= 0.6 is 15.9 Å². The number of benzene rings is 1. The normalized spacial score (nSPS) is 11.7. The summed E-state index contributed by atoms with van der Waals surface area (Å²) in [6, 6.07) is 8.90. The first kappa shape index (κ1) is 29.2. The monoisotopic (exact) mass is 638 g/mol. The highest BCUT2D eigenvalue weighted by Crippen LogP contribution is 2.42. The second-order valence-electron chi connectivity index (χ2n) is 8.33. The van der Waals surface area contributed by atoms with E-state index in [-0.39, 0.29) is 38.7 Å². The summed E-state index contributed by atoms with van der Waals surface area (Å²) in [5.74, 6) is -8.51. The Hall–Kier alpha value is -4.79. The van der Waals surface area contributed by atoms with Crippen molar-refractivity contribution in [1.29, 1.82) is 5.26 Å². The van der Waals surface area contributed by atoms with E-state index in [1.54, 1.807) is 19.1 Å². The summed E-state index contributed by atoms with van der Waals surface area (Å²) in [7, 11) is 1.36.